The zero-order valence-electron chi connectivity index (χ0n) is 10.1. The van der Waals surface area contributed by atoms with E-state index < -0.39 is 0 Å². The van der Waals surface area contributed by atoms with E-state index in [-0.39, 0.29) is 0 Å². The highest BCUT2D eigenvalue weighted by Crippen LogP contribution is 2.24. The topological polar surface area (TPSA) is 45.9 Å². The van der Waals surface area contributed by atoms with Gasteiger partial charge in [0.15, 0.2) is 0 Å². The fraction of sp³-hybridized carbons (Fsp3) is 0.0667. The second-order valence-electron chi connectivity index (χ2n) is 3.67. The Labute approximate surface area is 116 Å². The Kier molecular flexibility index (Phi) is 4.03. The molecule has 0 atom stereocenters. The van der Waals surface area contributed by atoms with Gasteiger partial charge in [0.1, 0.15) is 11.8 Å². The summed E-state index contributed by atoms with van der Waals surface area (Å²) >= 11 is 6.01. The zero-order chi connectivity index (χ0) is 13.7. The molecule has 0 saturated carbocycles. The molecule has 2 rings (SSSR count). The van der Waals surface area contributed by atoms with E-state index >= 15 is 0 Å². The largest absolute Gasteiger partial charge is 0.495 e. The van der Waals surface area contributed by atoms with E-state index in [1.807, 2.05) is 12.1 Å². The maximum Gasteiger partial charge on any atom is 0.137 e. The van der Waals surface area contributed by atoms with Crippen molar-refractivity contribution in [2.24, 2.45) is 0 Å². The van der Waals surface area contributed by atoms with E-state index in [4.69, 9.17) is 21.6 Å². The number of aromatic nitrogens is 1. The van der Waals surface area contributed by atoms with Crippen molar-refractivity contribution in [1.82, 2.24) is 4.98 Å². The Morgan fingerprint density at radius 3 is 2.53 bits per heavy atom. The van der Waals surface area contributed by atoms with Crippen LogP contribution in [0.25, 0.3) is 0 Å². The normalized spacial score (nSPS) is 9.11. The molecule has 0 aliphatic rings. The quantitative estimate of drug-likeness (QED) is 0.747. The number of benzene rings is 1. The molecule has 0 aliphatic carbocycles. The molecule has 0 bridgehead atoms. The monoisotopic (exact) mass is 268 g/mol. The summed E-state index contributed by atoms with van der Waals surface area (Å²) in [5.41, 5.74) is 1.94. The van der Waals surface area contributed by atoms with Gasteiger partial charge in [-0.1, -0.05) is 23.4 Å². The molecule has 0 fully saturated rings. The molecule has 0 amide bonds. The first-order valence-electron chi connectivity index (χ1n) is 5.43. The fourth-order valence-electron chi connectivity index (χ4n) is 1.46. The van der Waals surface area contributed by atoms with Gasteiger partial charge in [0, 0.05) is 23.5 Å². The second-order valence-corrected chi connectivity index (χ2v) is 4.08. The summed E-state index contributed by atoms with van der Waals surface area (Å²) in [6.45, 7) is 0. The molecule has 1 aromatic heterocycles. The van der Waals surface area contributed by atoms with Crippen LogP contribution in [0.3, 0.4) is 0 Å². The molecule has 3 nitrogen and oxygen atoms in total. The van der Waals surface area contributed by atoms with Crippen LogP contribution < -0.4 is 4.74 Å². The van der Waals surface area contributed by atoms with Crippen LogP contribution >= 0.6 is 11.6 Å². The first-order valence-corrected chi connectivity index (χ1v) is 5.81. The van der Waals surface area contributed by atoms with E-state index in [1.165, 1.54) is 6.20 Å². The molecular formula is C15H9ClN2O. The molecule has 0 N–H and O–H groups in total. The van der Waals surface area contributed by atoms with E-state index in [0.717, 1.165) is 5.56 Å². The number of hydrogen-bond donors (Lipinski definition) is 0. The second kappa shape index (κ2) is 5.91. The Balaban J connectivity index is 2.29. The molecule has 2 aromatic rings. The summed E-state index contributed by atoms with van der Waals surface area (Å²) in [5, 5.41) is 9.28. The van der Waals surface area contributed by atoms with Crippen LogP contribution in [0.15, 0.2) is 36.7 Å². The molecule has 92 valence electrons. The molecular weight excluding hydrogens is 260 g/mol. The van der Waals surface area contributed by atoms with Gasteiger partial charge in [-0.25, -0.2) is 0 Å². The standard InChI is InChI=1S/C15H9ClN2O/c1-19-15-5-4-11(7-14(15)16)2-3-12-6-13(8-17)10-18-9-12/h4-7,9-10H,1H3. The third-order valence-corrected chi connectivity index (χ3v) is 2.67. The Bertz CT molecular complexity index is 708. The summed E-state index contributed by atoms with van der Waals surface area (Å²) in [6, 6.07) is 9.02. The van der Waals surface area contributed by atoms with Gasteiger partial charge in [-0.15, -0.1) is 0 Å². The van der Waals surface area contributed by atoms with Crippen molar-refractivity contribution in [2.45, 2.75) is 0 Å². The highest BCUT2D eigenvalue weighted by Gasteiger charge is 1.99. The van der Waals surface area contributed by atoms with Gasteiger partial charge < -0.3 is 4.74 Å². The fourth-order valence-corrected chi connectivity index (χ4v) is 1.72. The van der Waals surface area contributed by atoms with Crippen LogP contribution in [-0.4, -0.2) is 12.1 Å². The first-order chi connectivity index (χ1) is 9.22. The predicted molar refractivity (Wildman–Crippen MR) is 72.9 cm³/mol. The third-order valence-electron chi connectivity index (χ3n) is 2.37. The number of halogens is 1. The maximum absolute atomic E-state index is 8.77. The number of methoxy groups -OCH3 is 1. The zero-order valence-corrected chi connectivity index (χ0v) is 10.9. The van der Waals surface area contributed by atoms with Crippen molar-refractivity contribution in [3.63, 3.8) is 0 Å². The number of rotatable bonds is 1. The van der Waals surface area contributed by atoms with Gasteiger partial charge in [0.25, 0.3) is 0 Å². The number of nitrogens with zero attached hydrogens (tertiary/aromatic N) is 2. The Hall–Kier alpha value is -2.49. The van der Waals surface area contributed by atoms with Crippen molar-refractivity contribution >= 4 is 11.6 Å². The lowest BCUT2D eigenvalue weighted by Crippen LogP contribution is -1.85. The van der Waals surface area contributed by atoms with Gasteiger partial charge in [0.2, 0.25) is 0 Å². The molecule has 0 saturated heterocycles. The summed E-state index contributed by atoms with van der Waals surface area (Å²) in [5.74, 6) is 6.51. The molecule has 4 heteroatoms. The number of hydrogen-bond acceptors (Lipinski definition) is 3. The maximum atomic E-state index is 8.77. The van der Waals surface area contributed by atoms with Gasteiger partial charge in [-0.05, 0) is 24.3 Å². The molecule has 0 aliphatic heterocycles. The predicted octanol–water partition coefficient (Wildman–Crippen LogP) is 3.02. The lowest BCUT2D eigenvalue weighted by atomic mass is 10.2. The Morgan fingerprint density at radius 1 is 1.11 bits per heavy atom. The van der Waals surface area contributed by atoms with Gasteiger partial charge in [-0.2, -0.15) is 5.26 Å². The SMILES string of the molecule is COc1ccc(C#Cc2cncc(C#N)c2)cc1Cl. The molecule has 0 radical (unpaired) electrons. The van der Waals surface area contributed by atoms with Crippen molar-refractivity contribution in [3.8, 4) is 23.7 Å². The van der Waals surface area contributed by atoms with Crippen molar-refractivity contribution in [3.05, 3.63) is 58.4 Å². The smallest absolute Gasteiger partial charge is 0.137 e. The van der Waals surface area contributed by atoms with Crippen molar-refractivity contribution in [1.29, 1.82) is 5.26 Å². The van der Waals surface area contributed by atoms with Crippen LogP contribution in [0.2, 0.25) is 5.02 Å². The molecule has 0 unspecified atom stereocenters. The molecule has 1 heterocycles. The van der Waals surface area contributed by atoms with Crippen LogP contribution in [0.1, 0.15) is 16.7 Å². The van der Waals surface area contributed by atoms with Crippen molar-refractivity contribution in [2.75, 3.05) is 7.11 Å². The Morgan fingerprint density at radius 2 is 1.84 bits per heavy atom. The van der Waals surface area contributed by atoms with Crippen LogP contribution in [0.5, 0.6) is 5.75 Å². The number of ether oxygens (including phenoxy) is 1. The summed E-state index contributed by atoms with van der Waals surface area (Å²) in [6.07, 6.45) is 3.11. The summed E-state index contributed by atoms with van der Waals surface area (Å²) in [4.78, 5) is 3.94. The van der Waals surface area contributed by atoms with E-state index in [0.29, 0.717) is 21.9 Å². The highest BCUT2D eigenvalue weighted by atomic mass is 35.5. The summed E-state index contributed by atoms with van der Waals surface area (Å²) in [7, 11) is 1.56. The van der Waals surface area contributed by atoms with Gasteiger partial charge in [0.05, 0.1) is 17.7 Å². The lowest BCUT2D eigenvalue weighted by Gasteiger charge is -2.01. The van der Waals surface area contributed by atoms with Crippen molar-refractivity contribution < 1.29 is 4.74 Å². The molecule has 19 heavy (non-hydrogen) atoms. The van der Waals surface area contributed by atoms with E-state index in [1.54, 1.807) is 31.5 Å². The minimum Gasteiger partial charge on any atom is -0.495 e. The minimum atomic E-state index is 0.486. The number of nitriles is 1. The lowest BCUT2D eigenvalue weighted by molar-refractivity contribution is 0.415. The molecule has 0 spiro atoms. The number of pyridine rings is 1. The highest BCUT2D eigenvalue weighted by molar-refractivity contribution is 6.32. The third kappa shape index (κ3) is 3.25. The minimum absolute atomic E-state index is 0.486. The van der Waals surface area contributed by atoms with Gasteiger partial charge >= 0.3 is 0 Å². The van der Waals surface area contributed by atoms with Crippen LogP contribution in [-0.2, 0) is 0 Å². The van der Waals surface area contributed by atoms with E-state index in [2.05, 4.69) is 16.8 Å². The van der Waals surface area contributed by atoms with Crippen LogP contribution in [0, 0.1) is 23.2 Å². The first kappa shape index (κ1) is 13.0. The van der Waals surface area contributed by atoms with Crippen LogP contribution in [0.4, 0.5) is 0 Å². The van der Waals surface area contributed by atoms with Gasteiger partial charge in [-0.3, -0.25) is 4.98 Å². The van der Waals surface area contributed by atoms with E-state index in [9.17, 15) is 0 Å². The average Bonchev–Trinajstić information content (AvgIpc) is 2.45. The molecule has 1 aromatic carbocycles. The average molecular weight is 269 g/mol. The summed E-state index contributed by atoms with van der Waals surface area (Å²) < 4.78 is 5.07.